The van der Waals surface area contributed by atoms with Crippen molar-refractivity contribution in [2.45, 2.75) is 0 Å². The van der Waals surface area contributed by atoms with Gasteiger partial charge in [0.2, 0.25) is 0 Å². The first-order valence-corrected chi connectivity index (χ1v) is 2.45. The van der Waals surface area contributed by atoms with Crippen molar-refractivity contribution in [2.75, 3.05) is 0 Å². The monoisotopic (exact) mass is 133 g/mol. The van der Waals surface area contributed by atoms with Gasteiger partial charge >= 0.3 is 29.6 Å². The zero-order valence-electron chi connectivity index (χ0n) is 3.63. The zero-order valence-corrected chi connectivity index (χ0v) is 6.63. The summed E-state index contributed by atoms with van der Waals surface area (Å²) >= 11 is 0. The predicted octanol–water partition coefficient (Wildman–Crippen LogP) is -8.96. The van der Waals surface area contributed by atoms with Gasteiger partial charge in [0.15, 0.2) is 0 Å². The van der Waals surface area contributed by atoms with E-state index in [9.17, 15) is 0 Å². The first kappa shape index (κ1) is 15.7. The minimum absolute atomic E-state index is 0. The van der Waals surface area contributed by atoms with Crippen LogP contribution in [-0.2, 0) is 0 Å². The van der Waals surface area contributed by atoms with Gasteiger partial charge in [0, 0.05) is 0 Å². The van der Waals surface area contributed by atoms with Gasteiger partial charge in [-0.15, -0.1) is 0 Å². The second-order valence-corrected chi connectivity index (χ2v) is 1.50. The number of hydrogen-bond donors (Lipinski definition) is 0. The van der Waals surface area contributed by atoms with Crippen molar-refractivity contribution in [1.29, 1.82) is 0 Å². The fourth-order valence-corrected chi connectivity index (χ4v) is 0. The number of rotatable bonds is 0. The molecule has 0 saturated heterocycles. The van der Waals surface area contributed by atoms with E-state index < -0.39 is 9.05 Å². The van der Waals surface area contributed by atoms with Crippen LogP contribution in [0.5, 0.6) is 0 Å². The van der Waals surface area contributed by atoms with E-state index in [-0.39, 0.29) is 35.0 Å². The molecule has 0 saturated carbocycles. The van der Waals surface area contributed by atoms with Crippen LogP contribution in [0, 0.1) is 0 Å². The van der Waals surface area contributed by atoms with E-state index in [0.29, 0.717) is 0 Å². The summed E-state index contributed by atoms with van der Waals surface area (Å²) in [4.78, 5) is 34.3. The van der Waals surface area contributed by atoms with Gasteiger partial charge in [-0.1, -0.05) is 0 Å². The van der Waals surface area contributed by atoms with Gasteiger partial charge in [-0.2, -0.15) is 0 Å². The molecule has 0 fully saturated rings. The third-order valence-corrected chi connectivity index (χ3v) is 0. The van der Waals surface area contributed by atoms with E-state index in [0.717, 1.165) is 0 Å². The largest absolute Gasteiger partial charge is 1.00 e. The molecule has 0 rings (SSSR count). The second-order valence-electron chi connectivity index (χ2n) is 0.500. The third-order valence-electron chi connectivity index (χ3n) is 0. The Labute approximate surface area is 63.3 Å². The molecule has 7 heavy (non-hydrogen) atoms. The van der Waals surface area contributed by atoms with Crippen LogP contribution < -0.4 is 48.7 Å². The van der Waals surface area contributed by atoms with Gasteiger partial charge in [-0.05, 0) is 0 Å². The van der Waals surface area contributed by atoms with Crippen LogP contribution in [0.15, 0.2) is 0 Å². The maximum absolute atomic E-state index is 8.58. The fraction of sp³-hybridized carbons (Fsp3) is 0. The molecule has 0 aliphatic carbocycles. The van der Waals surface area contributed by atoms with Crippen LogP contribution in [0.2, 0.25) is 0 Å². The summed E-state index contributed by atoms with van der Waals surface area (Å²) in [5.74, 6) is 0. The molecule has 0 unspecified atom stereocenters. The first-order valence-electron chi connectivity index (χ1n) is 0.816. The van der Waals surface area contributed by atoms with Crippen molar-refractivity contribution in [3.8, 4) is 0 Å². The molecular formula is H2NaO5Si-3. The average Bonchev–Trinajstić information content (AvgIpc) is 0.722. The molecule has 0 aliphatic rings. The van der Waals surface area contributed by atoms with Gasteiger partial charge < -0.3 is 33.7 Å². The molecule has 0 bridgehead atoms. The van der Waals surface area contributed by atoms with E-state index in [2.05, 4.69) is 0 Å². The number of hydrogen-bond acceptors (Lipinski definition) is 4. The fourth-order valence-electron chi connectivity index (χ4n) is 0. The molecule has 40 valence electrons. The van der Waals surface area contributed by atoms with Crippen LogP contribution in [0.1, 0.15) is 0 Å². The molecular weight excluding hydrogens is 131 g/mol. The summed E-state index contributed by atoms with van der Waals surface area (Å²) in [7, 11) is -5.61. The maximum atomic E-state index is 8.58. The van der Waals surface area contributed by atoms with Crippen LogP contribution in [0.4, 0.5) is 0 Å². The van der Waals surface area contributed by atoms with Gasteiger partial charge in [0.25, 0.3) is 0 Å². The van der Waals surface area contributed by atoms with Crippen molar-refractivity contribution in [3.63, 3.8) is 0 Å². The van der Waals surface area contributed by atoms with Gasteiger partial charge in [0.1, 0.15) is 0 Å². The summed E-state index contributed by atoms with van der Waals surface area (Å²) in [5.41, 5.74) is 0. The zero-order chi connectivity index (χ0) is 4.50. The molecule has 5 nitrogen and oxygen atoms in total. The summed E-state index contributed by atoms with van der Waals surface area (Å²) in [6.45, 7) is 0. The Morgan fingerprint density at radius 1 is 0.857 bits per heavy atom. The topological polar surface area (TPSA) is 124 Å². The quantitative estimate of drug-likeness (QED) is 0.304. The van der Waals surface area contributed by atoms with Crippen molar-refractivity contribution in [3.05, 3.63) is 0 Å². The van der Waals surface area contributed by atoms with E-state index in [1.165, 1.54) is 0 Å². The van der Waals surface area contributed by atoms with Crippen LogP contribution in [0.3, 0.4) is 0 Å². The molecule has 0 heterocycles. The van der Waals surface area contributed by atoms with E-state index in [1.54, 1.807) is 0 Å². The third kappa shape index (κ3) is 171. The van der Waals surface area contributed by atoms with Crippen LogP contribution >= 0.6 is 0 Å². The Balaban J connectivity index is -0.0000000800. The summed E-state index contributed by atoms with van der Waals surface area (Å²) in [5, 5.41) is 0. The normalized spacial score (nSPS) is 8.57. The van der Waals surface area contributed by atoms with Crippen molar-refractivity contribution >= 4 is 9.05 Å². The van der Waals surface area contributed by atoms with Crippen molar-refractivity contribution in [1.82, 2.24) is 0 Å². The van der Waals surface area contributed by atoms with Crippen LogP contribution in [0.25, 0.3) is 0 Å². The van der Waals surface area contributed by atoms with E-state index in [4.69, 9.17) is 19.2 Å². The van der Waals surface area contributed by atoms with Gasteiger partial charge in [0.05, 0.1) is 0 Å². The first-order chi connectivity index (χ1) is 2.00. The molecule has 0 aromatic heterocycles. The molecule has 7 heteroatoms. The van der Waals surface area contributed by atoms with E-state index >= 15 is 0 Å². The molecule has 2 N–H and O–H groups in total. The van der Waals surface area contributed by atoms with Gasteiger partial charge in [-0.25, -0.2) is 0 Å². The Kier molecular flexibility index (Phi) is 11.6. The molecule has 0 aromatic carbocycles. The molecule has 0 amide bonds. The second kappa shape index (κ2) is 5.16. The Bertz CT molecular complexity index is 23.6. The minimum atomic E-state index is -5.61. The van der Waals surface area contributed by atoms with E-state index in [1.807, 2.05) is 0 Å². The molecule has 0 spiro atoms. The molecule has 0 atom stereocenters. The summed E-state index contributed by atoms with van der Waals surface area (Å²) in [6.07, 6.45) is 0. The Morgan fingerprint density at radius 3 is 0.857 bits per heavy atom. The SMILES string of the molecule is O.[Na+].[O-][Si]([O-])([O-])[O-]. The Morgan fingerprint density at radius 2 is 0.857 bits per heavy atom. The van der Waals surface area contributed by atoms with Crippen LogP contribution in [-0.4, -0.2) is 14.5 Å². The smallest absolute Gasteiger partial charge is 0.894 e. The average molecular weight is 133 g/mol. The van der Waals surface area contributed by atoms with Gasteiger partial charge in [-0.3, -0.25) is 0 Å². The maximum Gasteiger partial charge on any atom is 1.00 e. The predicted molar refractivity (Wildman–Crippen MR) is 9.37 cm³/mol. The summed E-state index contributed by atoms with van der Waals surface area (Å²) < 4.78 is 0. The standard InChI is InChI=1S/Na.O4Si.H2O/c;1-5(2,3)4;/h;;1H2/q+1;-4;. The van der Waals surface area contributed by atoms with Crippen molar-refractivity contribution in [2.24, 2.45) is 0 Å². The summed E-state index contributed by atoms with van der Waals surface area (Å²) in [6, 6.07) is 0. The molecule has 0 radical (unpaired) electrons. The molecule has 0 aromatic rings. The molecule has 0 aliphatic heterocycles. The Hall–Kier alpha value is 1.02. The van der Waals surface area contributed by atoms with Crippen molar-refractivity contribution < 1.29 is 54.2 Å². The minimum Gasteiger partial charge on any atom is -0.894 e.